The highest BCUT2D eigenvalue weighted by molar-refractivity contribution is 7.72. The van der Waals surface area contributed by atoms with E-state index in [1.54, 1.807) is 0 Å². The summed E-state index contributed by atoms with van der Waals surface area (Å²) in [7, 11) is -3.14. The van der Waals surface area contributed by atoms with Crippen LogP contribution in [0.1, 0.15) is 0 Å². The Balaban J connectivity index is 3.46. The SMILES string of the molecule is O=[N+]([O-])c1ccc([SH](=O)=O)c([N+](=O)[O-])c1. The van der Waals surface area contributed by atoms with Crippen molar-refractivity contribution in [2.75, 3.05) is 0 Å². The Morgan fingerprint density at radius 1 is 1.07 bits per heavy atom. The number of rotatable bonds is 3. The number of non-ortho nitro benzene ring substituents is 1. The van der Waals surface area contributed by atoms with Crippen molar-refractivity contribution in [3.63, 3.8) is 0 Å². The van der Waals surface area contributed by atoms with E-state index in [0.717, 1.165) is 12.1 Å². The van der Waals surface area contributed by atoms with Crippen LogP contribution in [0.5, 0.6) is 0 Å². The van der Waals surface area contributed by atoms with Crippen LogP contribution in [0.3, 0.4) is 0 Å². The smallest absolute Gasteiger partial charge is 0.258 e. The zero-order valence-corrected chi connectivity index (χ0v) is 7.92. The predicted molar refractivity (Wildman–Crippen MR) is 48.3 cm³/mol. The largest absolute Gasteiger partial charge is 0.294 e. The minimum atomic E-state index is -3.14. The maximum Gasteiger partial charge on any atom is 0.294 e. The van der Waals surface area contributed by atoms with Gasteiger partial charge < -0.3 is 0 Å². The number of nitrogens with zero attached hydrogens (tertiary/aromatic N) is 2. The van der Waals surface area contributed by atoms with Gasteiger partial charge in [0, 0.05) is 6.07 Å². The van der Waals surface area contributed by atoms with Crippen molar-refractivity contribution in [3.05, 3.63) is 38.4 Å². The van der Waals surface area contributed by atoms with Gasteiger partial charge in [0.1, 0.15) is 4.90 Å². The minimum absolute atomic E-state index is 0.526. The molecular weight excluding hydrogens is 228 g/mol. The molecular formula is C6H4N2O6S. The summed E-state index contributed by atoms with van der Waals surface area (Å²) >= 11 is 0. The lowest BCUT2D eigenvalue weighted by atomic mass is 10.3. The first-order valence-corrected chi connectivity index (χ1v) is 4.68. The van der Waals surface area contributed by atoms with Gasteiger partial charge in [0.05, 0.1) is 15.9 Å². The molecule has 9 heteroatoms. The van der Waals surface area contributed by atoms with Crippen LogP contribution in [-0.4, -0.2) is 18.3 Å². The number of hydrogen-bond acceptors (Lipinski definition) is 6. The number of nitro groups is 2. The molecule has 1 aromatic rings. The number of hydrogen-bond donors (Lipinski definition) is 1. The Bertz CT molecular complexity index is 500. The number of nitro benzene ring substituents is 2. The first kappa shape index (κ1) is 11.0. The summed E-state index contributed by atoms with van der Waals surface area (Å²) in [6.07, 6.45) is 0. The molecule has 8 nitrogen and oxygen atoms in total. The molecule has 0 radical (unpaired) electrons. The third-order valence-electron chi connectivity index (χ3n) is 1.56. The molecule has 0 aliphatic carbocycles. The average Bonchev–Trinajstić information content (AvgIpc) is 2.16. The van der Waals surface area contributed by atoms with Crippen LogP contribution in [0.2, 0.25) is 0 Å². The molecule has 0 saturated heterocycles. The zero-order chi connectivity index (χ0) is 11.6. The Hall–Kier alpha value is -2.03. The van der Waals surface area contributed by atoms with Crippen LogP contribution in [0.25, 0.3) is 0 Å². The quantitative estimate of drug-likeness (QED) is 0.459. The zero-order valence-electron chi connectivity index (χ0n) is 7.02. The molecule has 0 aliphatic heterocycles. The lowest BCUT2D eigenvalue weighted by molar-refractivity contribution is -0.396. The van der Waals surface area contributed by atoms with E-state index in [1.807, 2.05) is 0 Å². The van der Waals surface area contributed by atoms with Gasteiger partial charge in [-0.3, -0.25) is 20.2 Å². The molecule has 0 aliphatic rings. The van der Waals surface area contributed by atoms with Gasteiger partial charge in [-0.2, -0.15) is 0 Å². The molecule has 1 aromatic carbocycles. The molecule has 0 N–H and O–H groups in total. The fourth-order valence-electron chi connectivity index (χ4n) is 0.926. The van der Waals surface area contributed by atoms with Crippen molar-refractivity contribution in [2.24, 2.45) is 0 Å². The van der Waals surface area contributed by atoms with Crippen molar-refractivity contribution in [1.82, 2.24) is 0 Å². The number of thiol groups is 1. The molecule has 0 aromatic heterocycles. The Morgan fingerprint density at radius 3 is 2.07 bits per heavy atom. The van der Waals surface area contributed by atoms with Gasteiger partial charge in [-0.05, 0) is 6.07 Å². The second kappa shape index (κ2) is 4.00. The first-order chi connectivity index (χ1) is 6.93. The van der Waals surface area contributed by atoms with E-state index in [0.29, 0.717) is 6.07 Å². The van der Waals surface area contributed by atoms with Gasteiger partial charge in [-0.25, -0.2) is 8.42 Å². The van der Waals surface area contributed by atoms with E-state index in [9.17, 15) is 28.6 Å². The van der Waals surface area contributed by atoms with Crippen LogP contribution in [-0.2, 0) is 10.7 Å². The third-order valence-corrected chi connectivity index (χ3v) is 2.33. The molecule has 0 amide bonds. The van der Waals surface area contributed by atoms with Gasteiger partial charge in [0.2, 0.25) is 0 Å². The Kier molecular flexibility index (Phi) is 2.95. The standard InChI is InChI=1S/C6H4N2O6S/c9-7(10)4-1-2-6(15(13)14)5(3-4)8(11)12/h1-3,15H. The Labute approximate surface area is 84.4 Å². The molecule has 80 valence electrons. The van der Waals surface area contributed by atoms with Crippen molar-refractivity contribution in [3.8, 4) is 0 Å². The summed E-state index contributed by atoms with van der Waals surface area (Å²) in [5.74, 6) is 0. The summed E-state index contributed by atoms with van der Waals surface area (Å²) in [4.78, 5) is 18.3. The topological polar surface area (TPSA) is 120 Å². The van der Waals surface area contributed by atoms with Gasteiger partial charge in [-0.1, -0.05) is 0 Å². The lowest BCUT2D eigenvalue weighted by Gasteiger charge is -1.95. The van der Waals surface area contributed by atoms with Gasteiger partial charge >= 0.3 is 0 Å². The van der Waals surface area contributed by atoms with E-state index in [4.69, 9.17) is 0 Å². The van der Waals surface area contributed by atoms with Crippen LogP contribution in [0.15, 0.2) is 23.1 Å². The summed E-state index contributed by atoms with van der Waals surface area (Å²) in [5.41, 5.74) is -1.32. The third kappa shape index (κ3) is 2.26. The van der Waals surface area contributed by atoms with Crippen molar-refractivity contribution in [2.45, 2.75) is 4.90 Å². The van der Waals surface area contributed by atoms with E-state index >= 15 is 0 Å². The normalized spacial score (nSPS) is 10.2. The molecule has 0 atom stereocenters. The number of benzene rings is 1. The monoisotopic (exact) mass is 232 g/mol. The van der Waals surface area contributed by atoms with E-state index in [1.165, 1.54) is 0 Å². The van der Waals surface area contributed by atoms with E-state index in [-0.39, 0.29) is 0 Å². The molecule has 0 unspecified atom stereocenters. The fourth-order valence-corrected chi connectivity index (χ4v) is 1.46. The maximum absolute atomic E-state index is 10.6. The van der Waals surface area contributed by atoms with E-state index in [2.05, 4.69) is 0 Å². The van der Waals surface area contributed by atoms with Crippen molar-refractivity contribution in [1.29, 1.82) is 0 Å². The summed E-state index contributed by atoms with van der Waals surface area (Å²) < 4.78 is 21.1. The van der Waals surface area contributed by atoms with E-state index < -0.39 is 36.8 Å². The molecule has 0 spiro atoms. The molecule has 0 fully saturated rings. The van der Waals surface area contributed by atoms with Gasteiger partial charge in [-0.15, -0.1) is 0 Å². The van der Waals surface area contributed by atoms with Crippen LogP contribution in [0.4, 0.5) is 11.4 Å². The molecule has 0 bridgehead atoms. The van der Waals surface area contributed by atoms with Crippen molar-refractivity contribution < 1.29 is 18.3 Å². The first-order valence-electron chi connectivity index (χ1n) is 3.50. The summed E-state index contributed by atoms with van der Waals surface area (Å²) in [6.45, 7) is 0. The molecule has 0 saturated carbocycles. The molecule has 0 heterocycles. The highest BCUT2D eigenvalue weighted by Gasteiger charge is 2.20. The minimum Gasteiger partial charge on any atom is -0.258 e. The second-order valence-electron chi connectivity index (χ2n) is 2.44. The summed E-state index contributed by atoms with van der Waals surface area (Å²) in [6, 6.07) is 2.34. The van der Waals surface area contributed by atoms with Gasteiger partial charge in [0.15, 0.2) is 10.7 Å². The van der Waals surface area contributed by atoms with Crippen LogP contribution >= 0.6 is 0 Å². The predicted octanol–water partition coefficient (Wildman–Crippen LogP) is 0.473. The Morgan fingerprint density at radius 2 is 1.67 bits per heavy atom. The van der Waals surface area contributed by atoms with Gasteiger partial charge in [0.25, 0.3) is 11.4 Å². The fraction of sp³-hybridized carbons (Fsp3) is 0. The highest BCUT2D eigenvalue weighted by Crippen LogP contribution is 2.25. The van der Waals surface area contributed by atoms with Crippen LogP contribution < -0.4 is 0 Å². The average molecular weight is 232 g/mol. The highest BCUT2D eigenvalue weighted by atomic mass is 32.2. The molecule has 15 heavy (non-hydrogen) atoms. The second-order valence-corrected chi connectivity index (χ2v) is 3.44. The maximum atomic E-state index is 10.6. The molecule has 1 rings (SSSR count). The van der Waals surface area contributed by atoms with Crippen molar-refractivity contribution >= 4 is 22.1 Å². The summed E-state index contributed by atoms with van der Waals surface area (Å²) in [5, 5.41) is 20.7. The lowest BCUT2D eigenvalue weighted by Crippen LogP contribution is -1.96. The van der Waals surface area contributed by atoms with Crippen LogP contribution in [0, 0.1) is 20.2 Å².